The lowest BCUT2D eigenvalue weighted by Gasteiger charge is -2.25. The number of hydrogen-bond donors (Lipinski definition) is 2. The van der Waals surface area contributed by atoms with Crippen molar-refractivity contribution in [2.75, 3.05) is 51.8 Å². The van der Waals surface area contributed by atoms with Gasteiger partial charge in [-0.3, -0.25) is 20.0 Å². The molecule has 160 valence electrons. The number of carbonyl (C=O) groups is 1. The average Bonchev–Trinajstić information content (AvgIpc) is 2.76. The number of carbonyl (C=O) groups excluding carboxylic acids is 1. The first-order valence-corrected chi connectivity index (χ1v) is 10.2. The number of benzene rings is 2. The Morgan fingerprint density at radius 2 is 1.97 bits per heavy atom. The maximum Gasteiger partial charge on any atom is 0.258 e. The zero-order valence-corrected chi connectivity index (χ0v) is 17.9. The molecule has 2 aromatic carbocycles. The molecule has 30 heavy (non-hydrogen) atoms. The number of amides is 1. The molecule has 7 nitrogen and oxygen atoms in total. The van der Waals surface area contributed by atoms with Gasteiger partial charge < -0.3 is 14.8 Å². The number of nitrogens with one attached hydrogen (secondary N) is 2. The second kappa shape index (κ2) is 10.8. The van der Waals surface area contributed by atoms with Gasteiger partial charge in [-0.2, -0.15) is 0 Å². The Morgan fingerprint density at radius 1 is 1.17 bits per heavy atom. The van der Waals surface area contributed by atoms with E-state index in [-0.39, 0.29) is 5.91 Å². The molecule has 1 heterocycles. The van der Waals surface area contributed by atoms with Crippen molar-refractivity contribution in [2.45, 2.75) is 13.8 Å². The van der Waals surface area contributed by atoms with Crippen LogP contribution in [0, 0.1) is 13.8 Å². The van der Waals surface area contributed by atoms with Crippen molar-refractivity contribution in [3.8, 4) is 5.75 Å². The van der Waals surface area contributed by atoms with Crippen molar-refractivity contribution in [3.05, 3.63) is 59.2 Å². The highest BCUT2D eigenvalue weighted by Gasteiger charge is 2.13. The summed E-state index contributed by atoms with van der Waals surface area (Å²) in [6, 6.07) is 13.2. The maximum absolute atomic E-state index is 12.8. The number of aliphatic imine (C=N–C) groups is 1. The van der Waals surface area contributed by atoms with Gasteiger partial charge >= 0.3 is 0 Å². The lowest BCUT2D eigenvalue weighted by molar-refractivity contribution is 0.0394. The maximum atomic E-state index is 12.8. The van der Waals surface area contributed by atoms with E-state index in [0.29, 0.717) is 23.8 Å². The average molecular weight is 411 g/mol. The minimum absolute atomic E-state index is 0.240. The van der Waals surface area contributed by atoms with Gasteiger partial charge in [0.1, 0.15) is 5.75 Å². The molecule has 0 spiro atoms. The van der Waals surface area contributed by atoms with Crippen molar-refractivity contribution in [3.63, 3.8) is 0 Å². The van der Waals surface area contributed by atoms with Crippen molar-refractivity contribution in [1.29, 1.82) is 0 Å². The summed E-state index contributed by atoms with van der Waals surface area (Å²) in [6.45, 7) is 8.80. The van der Waals surface area contributed by atoms with E-state index in [1.165, 1.54) is 5.56 Å². The number of methoxy groups -OCH3 is 1. The third-order valence-corrected chi connectivity index (χ3v) is 4.99. The van der Waals surface area contributed by atoms with Gasteiger partial charge in [-0.05, 0) is 43.7 Å². The molecule has 0 saturated carbocycles. The molecule has 0 bridgehead atoms. The minimum Gasteiger partial charge on any atom is -0.497 e. The Labute approximate surface area is 178 Å². The summed E-state index contributed by atoms with van der Waals surface area (Å²) in [5, 5.41) is 6.20. The summed E-state index contributed by atoms with van der Waals surface area (Å²) in [4.78, 5) is 19.8. The highest BCUT2D eigenvalue weighted by molar-refractivity contribution is 6.10. The number of guanidine groups is 1. The fourth-order valence-corrected chi connectivity index (χ4v) is 3.26. The van der Waals surface area contributed by atoms with E-state index in [9.17, 15) is 4.79 Å². The summed E-state index contributed by atoms with van der Waals surface area (Å²) in [6.07, 6.45) is 0. The fraction of sp³-hybridized carbons (Fsp3) is 0.391. The highest BCUT2D eigenvalue weighted by Crippen LogP contribution is 2.16. The zero-order valence-electron chi connectivity index (χ0n) is 17.9. The molecule has 0 aromatic heterocycles. The second-order valence-electron chi connectivity index (χ2n) is 7.31. The molecule has 0 unspecified atom stereocenters. The molecular formula is C23H30N4O3. The van der Waals surface area contributed by atoms with Crippen LogP contribution >= 0.6 is 0 Å². The summed E-state index contributed by atoms with van der Waals surface area (Å²) in [5.74, 6) is 0.829. The molecular weight excluding hydrogens is 380 g/mol. The Hall–Kier alpha value is -2.90. The van der Waals surface area contributed by atoms with Crippen LogP contribution < -0.4 is 15.4 Å². The molecule has 0 aliphatic carbocycles. The summed E-state index contributed by atoms with van der Waals surface area (Å²) < 4.78 is 10.6. The standard InChI is InChI=1S/C23H30N4O3/c1-17-7-8-21(18(2)15-17)25-23(24-9-10-27-11-13-30-14-12-27)26-22(28)19-5-4-6-20(16-19)29-3/h4-8,15-16H,9-14H2,1-3H3,(H2,24,25,26,28). The van der Waals surface area contributed by atoms with Gasteiger partial charge in [0.05, 0.1) is 26.9 Å². The molecule has 1 saturated heterocycles. The van der Waals surface area contributed by atoms with E-state index in [2.05, 4.69) is 33.5 Å². The molecule has 1 aliphatic heterocycles. The van der Waals surface area contributed by atoms with Gasteiger partial charge in [0, 0.05) is 30.9 Å². The van der Waals surface area contributed by atoms with Crippen LogP contribution in [0.5, 0.6) is 5.75 Å². The number of aryl methyl sites for hydroxylation is 2. The van der Waals surface area contributed by atoms with Gasteiger partial charge in [-0.15, -0.1) is 0 Å². The molecule has 0 atom stereocenters. The third-order valence-electron chi connectivity index (χ3n) is 4.99. The van der Waals surface area contributed by atoms with E-state index in [1.807, 2.05) is 25.1 Å². The monoisotopic (exact) mass is 410 g/mol. The lowest BCUT2D eigenvalue weighted by atomic mass is 10.1. The van der Waals surface area contributed by atoms with Crippen LogP contribution in [0.1, 0.15) is 21.5 Å². The molecule has 1 aliphatic rings. The summed E-state index contributed by atoms with van der Waals surface area (Å²) in [5.41, 5.74) is 3.70. The smallest absolute Gasteiger partial charge is 0.258 e. The number of nitrogens with zero attached hydrogens (tertiary/aromatic N) is 2. The Balaban J connectivity index is 1.73. The summed E-state index contributed by atoms with van der Waals surface area (Å²) >= 11 is 0. The van der Waals surface area contributed by atoms with Crippen molar-refractivity contribution in [2.24, 2.45) is 4.99 Å². The van der Waals surface area contributed by atoms with Crippen LogP contribution in [-0.4, -0.2) is 63.3 Å². The van der Waals surface area contributed by atoms with E-state index >= 15 is 0 Å². The van der Waals surface area contributed by atoms with Crippen LogP contribution in [0.15, 0.2) is 47.5 Å². The summed E-state index contributed by atoms with van der Waals surface area (Å²) in [7, 11) is 1.58. The SMILES string of the molecule is COc1cccc(C(=O)NC(=NCCN2CCOCC2)Nc2ccc(C)cc2C)c1. The van der Waals surface area contributed by atoms with E-state index in [0.717, 1.165) is 44.1 Å². The molecule has 1 fully saturated rings. The molecule has 3 rings (SSSR count). The largest absolute Gasteiger partial charge is 0.497 e. The second-order valence-corrected chi connectivity index (χ2v) is 7.31. The van der Waals surface area contributed by atoms with E-state index in [1.54, 1.807) is 25.3 Å². The first-order chi connectivity index (χ1) is 14.5. The van der Waals surface area contributed by atoms with Gasteiger partial charge in [0.15, 0.2) is 0 Å². The molecule has 0 radical (unpaired) electrons. The fourth-order valence-electron chi connectivity index (χ4n) is 3.26. The first-order valence-electron chi connectivity index (χ1n) is 10.2. The predicted octanol–water partition coefficient (Wildman–Crippen LogP) is 2.84. The zero-order chi connectivity index (χ0) is 21.3. The van der Waals surface area contributed by atoms with Crippen LogP contribution in [0.25, 0.3) is 0 Å². The van der Waals surface area contributed by atoms with Crippen LogP contribution in [0.2, 0.25) is 0 Å². The molecule has 1 amide bonds. The predicted molar refractivity (Wildman–Crippen MR) is 120 cm³/mol. The molecule has 7 heteroatoms. The van der Waals surface area contributed by atoms with Crippen LogP contribution in [0.3, 0.4) is 0 Å². The number of anilines is 1. The third kappa shape index (κ3) is 6.30. The quantitative estimate of drug-likeness (QED) is 0.566. The topological polar surface area (TPSA) is 75.2 Å². The van der Waals surface area contributed by atoms with Gasteiger partial charge in [-0.25, -0.2) is 0 Å². The Bertz CT molecular complexity index is 892. The number of rotatable bonds is 6. The Morgan fingerprint density at radius 3 is 2.70 bits per heavy atom. The highest BCUT2D eigenvalue weighted by atomic mass is 16.5. The Kier molecular flexibility index (Phi) is 7.82. The van der Waals surface area contributed by atoms with E-state index < -0.39 is 0 Å². The van der Waals surface area contributed by atoms with E-state index in [4.69, 9.17) is 9.47 Å². The first kappa shape index (κ1) is 21.8. The minimum atomic E-state index is -0.240. The van der Waals surface area contributed by atoms with Crippen molar-refractivity contribution < 1.29 is 14.3 Å². The van der Waals surface area contributed by atoms with Gasteiger partial charge in [0.25, 0.3) is 5.91 Å². The van der Waals surface area contributed by atoms with Gasteiger partial charge in [-0.1, -0.05) is 23.8 Å². The van der Waals surface area contributed by atoms with Crippen molar-refractivity contribution >= 4 is 17.6 Å². The molecule has 2 N–H and O–H groups in total. The van der Waals surface area contributed by atoms with Gasteiger partial charge in [0.2, 0.25) is 5.96 Å². The van der Waals surface area contributed by atoms with Crippen LogP contribution in [0.4, 0.5) is 5.69 Å². The van der Waals surface area contributed by atoms with Crippen LogP contribution in [-0.2, 0) is 4.74 Å². The molecule has 2 aromatic rings. The van der Waals surface area contributed by atoms with Crippen molar-refractivity contribution in [1.82, 2.24) is 10.2 Å². The normalized spacial score (nSPS) is 15.0. The number of ether oxygens (including phenoxy) is 2. The lowest BCUT2D eigenvalue weighted by Crippen LogP contribution is -2.39. The number of hydrogen-bond acceptors (Lipinski definition) is 5. The number of morpholine rings is 1.